The number of nitrogens with one attached hydrogen (secondary N) is 5. The molecule has 0 unspecified atom stereocenters. The number of phenolic OH excluding ortho intramolecular Hbond substituents is 2. The lowest BCUT2D eigenvalue weighted by Crippen LogP contribution is -2.14. The van der Waals surface area contributed by atoms with Crippen LogP contribution in [0.15, 0.2) is 303 Å². The smallest absolute Gasteiger partial charge is 0.261 e. The number of phenols is 2. The zero-order valence-corrected chi connectivity index (χ0v) is 70.0. The Morgan fingerprint density at radius 2 is 0.669 bits per heavy atom. The Hall–Kier alpha value is -13.0. The highest BCUT2D eigenvalue weighted by atomic mass is 35.5. The van der Waals surface area contributed by atoms with Crippen LogP contribution in [0.1, 0.15) is 0 Å². The van der Waals surface area contributed by atoms with E-state index >= 15 is 0 Å². The van der Waals surface area contributed by atoms with Crippen LogP contribution in [0.25, 0.3) is 57.3 Å². The number of benzene rings is 10. The van der Waals surface area contributed by atoms with Gasteiger partial charge < -0.3 is 56.1 Å². The maximum Gasteiger partial charge on any atom is 0.261 e. The summed E-state index contributed by atoms with van der Waals surface area (Å²) in [5, 5.41) is 24.4. The van der Waals surface area contributed by atoms with Gasteiger partial charge in [-0.15, -0.1) is 0 Å². The van der Waals surface area contributed by atoms with E-state index in [4.69, 9.17) is 104 Å². The lowest BCUT2D eigenvalue weighted by molar-refractivity contribution is 0.174. The van der Waals surface area contributed by atoms with Crippen molar-refractivity contribution in [3.05, 3.63) is 281 Å². The summed E-state index contributed by atoms with van der Waals surface area (Å²) >= 11 is 29.3. The van der Waals surface area contributed by atoms with Crippen molar-refractivity contribution in [2.24, 2.45) is 0 Å². The van der Waals surface area contributed by atoms with Gasteiger partial charge in [-0.25, -0.2) is 62.0 Å². The summed E-state index contributed by atoms with van der Waals surface area (Å²) in [5.41, 5.74) is 3.09. The molecule has 0 spiro atoms. The van der Waals surface area contributed by atoms with E-state index in [1.807, 2.05) is 0 Å². The van der Waals surface area contributed by atoms with E-state index in [0.29, 0.717) is 87.6 Å². The molecule has 33 nitrogen and oxygen atoms in total. The van der Waals surface area contributed by atoms with Gasteiger partial charge in [0, 0.05) is 49.4 Å². The Morgan fingerprint density at radius 3 is 1.05 bits per heavy atom. The molecule has 0 amide bonds. The molecule has 121 heavy (non-hydrogen) atoms. The Morgan fingerprint density at radius 1 is 0.331 bits per heavy atom. The van der Waals surface area contributed by atoms with Crippen molar-refractivity contribution < 1.29 is 98.2 Å². The van der Waals surface area contributed by atoms with Gasteiger partial charge in [-0.1, -0.05) is 93.5 Å². The molecule has 0 saturated carbocycles. The van der Waals surface area contributed by atoms with Crippen LogP contribution in [0, 0.1) is 0 Å². The first-order valence-corrected chi connectivity index (χ1v) is 43.5. The summed E-state index contributed by atoms with van der Waals surface area (Å²) < 4.78 is 191. The largest absolute Gasteiger partial charge is 0.508 e. The Balaban J connectivity index is 0.000000139. The summed E-state index contributed by atoms with van der Waals surface area (Å²) in [5.74, 6) is 3.07. The number of anilines is 5. The van der Waals surface area contributed by atoms with Gasteiger partial charge in [0.15, 0.2) is 29.3 Å². The third-order valence-electron chi connectivity index (χ3n) is 16.3. The quantitative estimate of drug-likeness (QED) is 0.0292. The summed E-state index contributed by atoms with van der Waals surface area (Å²) in [6.45, 7) is 0.0604. The number of halogens is 5. The van der Waals surface area contributed by atoms with Crippen LogP contribution in [0.2, 0.25) is 25.1 Å². The standard InChI is InChI=1S/C16H14ClN3O5S.C16H11ClN2O5S.C16H13ClN2O4S.2C15H11ClN2O4S/c1-23-14-7-12(16-18-9-19-25-16)13(8-15(14)24-2)20-26(21,22)11-5-3-4-10(17)6-11;17-10-2-1-3-11(6-10)25(20,21)19-13-8-15-14(23-9-24-15)7-12(13)16-18-4-5-22-16;1-22-12-5-6-14(16-18-7-8-23-16)15(10-12)19-24(20,21)13-4-2-3-11(17)9-13;16-10-2-1-3-12(8-10)23(20,21)18-14-5-4-11(19)9-13(14)15-17-6-7-22-15;16-10-2-1-3-12(8-10)23(20,21)18-14-9-11(19)4-5-13(14)15-17-6-7-22-15/h3-9,20H,1-2H3;1-8,19H,9H2;2-10,19H,1H3;2*1-9,18-19H. The van der Waals surface area contributed by atoms with Crippen molar-refractivity contribution >= 4 is 137 Å². The van der Waals surface area contributed by atoms with Gasteiger partial charge in [-0.2, -0.15) is 4.98 Å². The van der Waals surface area contributed by atoms with Gasteiger partial charge in [0.05, 0.1) is 127 Å². The van der Waals surface area contributed by atoms with E-state index in [9.17, 15) is 52.3 Å². The van der Waals surface area contributed by atoms with Crippen LogP contribution < -0.4 is 47.3 Å². The molecule has 624 valence electrons. The first kappa shape index (κ1) is 87.3. The highest BCUT2D eigenvalue weighted by molar-refractivity contribution is 7.94. The SMILES string of the molecule is COc1cc(NS(=O)(=O)c2cccc(Cl)c2)c(-c2ncno2)cc1OC.COc1ccc(-c2ncco2)c(NS(=O)(=O)c2cccc(Cl)c2)c1.O=S(=O)(Nc1cc(O)ccc1-c1ncco1)c1cccc(Cl)c1.O=S(=O)(Nc1cc2c(cc1-c1ncco1)OCO2)c1cccc(Cl)c1.O=S(=O)(Nc1ccc(O)cc1-c1ncco1)c1cccc(Cl)c1. The number of oxazole rings is 4. The van der Waals surface area contributed by atoms with Crippen molar-refractivity contribution in [2.45, 2.75) is 24.5 Å². The van der Waals surface area contributed by atoms with Gasteiger partial charge in [-0.05, 0) is 146 Å². The molecule has 1 aliphatic rings. The second kappa shape index (κ2) is 38.4. The zero-order valence-electron chi connectivity index (χ0n) is 62.1. The first-order valence-electron chi connectivity index (χ1n) is 34.2. The number of methoxy groups -OCH3 is 3. The van der Waals surface area contributed by atoms with Gasteiger partial charge in [0.1, 0.15) is 42.3 Å². The summed E-state index contributed by atoms with van der Waals surface area (Å²) in [6.07, 6.45) is 12.6. The van der Waals surface area contributed by atoms with Gasteiger partial charge in [-0.3, -0.25) is 23.6 Å². The van der Waals surface area contributed by atoms with E-state index in [2.05, 4.69) is 53.7 Å². The van der Waals surface area contributed by atoms with E-state index in [-0.39, 0.29) is 94.8 Å². The lowest BCUT2D eigenvalue weighted by Gasteiger charge is -2.15. The molecule has 0 atom stereocenters. The predicted molar refractivity (Wildman–Crippen MR) is 448 cm³/mol. The van der Waals surface area contributed by atoms with E-state index in [1.54, 1.807) is 84.9 Å². The molecular weight excluding hydrogens is 1780 g/mol. The second-order valence-corrected chi connectivity index (χ2v) is 34.9. The molecule has 0 radical (unpaired) electrons. The number of hydrogen-bond acceptors (Lipinski definition) is 28. The molecule has 6 heterocycles. The summed E-state index contributed by atoms with van der Waals surface area (Å²) in [7, 11) is -14.9. The molecule has 43 heteroatoms. The highest BCUT2D eigenvalue weighted by Crippen LogP contribution is 2.44. The van der Waals surface area contributed by atoms with Crippen molar-refractivity contribution in [3.8, 4) is 97.5 Å². The molecule has 1 aliphatic heterocycles. The fourth-order valence-electron chi connectivity index (χ4n) is 10.8. The maximum absolute atomic E-state index is 12.7. The van der Waals surface area contributed by atoms with Crippen molar-refractivity contribution in [3.63, 3.8) is 0 Å². The fraction of sp³-hybridized carbons (Fsp3) is 0.0513. The minimum atomic E-state index is -3.91. The number of ether oxygens (including phenoxy) is 5. The normalized spacial score (nSPS) is 11.6. The molecule has 15 aromatic rings. The van der Waals surface area contributed by atoms with Crippen LogP contribution in [-0.4, -0.2) is 111 Å². The second-order valence-electron chi connectivity index (χ2n) is 24.3. The van der Waals surface area contributed by atoms with Crippen molar-refractivity contribution in [1.82, 2.24) is 30.1 Å². The van der Waals surface area contributed by atoms with Crippen LogP contribution in [0.5, 0.6) is 40.2 Å². The Bertz CT molecular complexity index is 6770. The third-order valence-corrected chi connectivity index (χ3v) is 24.3. The van der Waals surface area contributed by atoms with E-state index in [0.717, 1.165) is 0 Å². The molecule has 0 saturated heterocycles. The molecule has 5 aromatic heterocycles. The number of fused-ring (bicyclic) bond motifs is 1. The summed E-state index contributed by atoms with van der Waals surface area (Å²) in [4.78, 5) is 20.2. The number of sulfonamides is 5. The Labute approximate surface area is 714 Å². The third kappa shape index (κ3) is 22.3. The average molecular weight is 1840 g/mol. The van der Waals surface area contributed by atoms with Crippen LogP contribution in [0.4, 0.5) is 28.4 Å². The van der Waals surface area contributed by atoms with E-state index < -0.39 is 50.1 Å². The van der Waals surface area contributed by atoms with Gasteiger partial charge in [0.25, 0.3) is 56.0 Å². The molecule has 0 fully saturated rings. The average Bonchev–Trinajstić information content (AvgIpc) is 1.78. The molecule has 10 aromatic carbocycles. The number of aromatic nitrogens is 6. The molecular formula is C78H60Cl5N11O22S5. The monoisotopic (exact) mass is 1840 g/mol. The van der Waals surface area contributed by atoms with Crippen LogP contribution in [-0.2, 0) is 50.1 Å². The number of nitrogens with zero attached hydrogens (tertiary/aromatic N) is 6. The minimum absolute atomic E-state index is 0.00620. The van der Waals surface area contributed by atoms with Crippen LogP contribution >= 0.6 is 58.0 Å². The van der Waals surface area contributed by atoms with Crippen molar-refractivity contribution in [1.29, 1.82) is 0 Å². The van der Waals surface area contributed by atoms with Gasteiger partial charge in [0.2, 0.25) is 30.4 Å². The van der Waals surface area contributed by atoms with E-state index in [1.165, 1.54) is 193 Å². The highest BCUT2D eigenvalue weighted by Gasteiger charge is 2.28. The van der Waals surface area contributed by atoms with Crippen LogP contribution in [0.3, 0.4) is 0 Å². The molecule has 16 rings (SSSR count). The van der Waals surface area contributed by atoms with Crippen molar-refractivity contribution in [2.75, 3.05) is 51.7 Å². The number of aromatic hydroxyl groups is 2. The fourth-order valence-corrected chi connectivity index (χ4v) is 17.6. The number of rotatable bonds is 23. The minimum Gasteiger partial charge on any atom is -0.508 e. The number of hydrogen-bond donors (Lipinski definition) is 7. The summed E-state index contributed by atoms with van der Waals surface area (Å²) in [6, 6.07) is 49.1. The Kier molecular flexibility index (Phi) is 27.7. The first-order chi connectivity index (χ1) is 57.9. The molecule has 7 N–H and O–H groups in total. The van der Waals surface area contributed by atoms with Gasteiger partial charge >= 0.3 is 0 Å². The predicted octanol–water partition coefficient (Wildman–Crippen LogP) is 17.5. The topological polar surface area (TPSA) is 460 Å². The maximum atomic E-state index is 12.7. The molecule has 0 aliphatic carbocycles. The molecule has 0 bridgehead atoms. The lowest BCUT2D eigenvalue weighted by atomic mass is 10.1. The zero-order chi connectivity index (χ0) is 86.2.